The molecule has 5 heteroatoms. The highest BCUT2D eigenvalue weighted by Crippen LogP contribution is 2.44. The van der Waals surface area contributed by atoms with Crippen LogP contribution in [0.3, 0.4) is 0 Å². The molecule has 1 aliphatic rings. The molecule has 1 aliphatic carbocycles. The normalized spacial score (nSPS) is 24.0. The van der Waals surface area contributed by atoms with Gasteiger partial charge in [0.15, 0.2) is 0 Å². The zero-order valence-electron chi connectivity index (χ0n) is 17.3. The van der Waals surface area contributed by atoms with E-state index in [1.54, 1.807) is 0 Å². The number of rotatable bonds is 8. The number of hydrogen-bond acceptors (Lipinski definition) is 3. The van der Waals surface area contributed by atoms with Crippen LogP contribution in [-0.2, 0) is 9.53 Å². The molecule has 3 unspecified atom stereocenters. The lowest BCUT2D eigenvalue weighted by Crippen LogP contribution is -3.00. The third kappa shape index (κ3) is 5.78. The van der Waals surface area contributed by atoms with Crippen LogP contribution < -0.4 is 17.0 Å². The first kappa shape index (κ1) is 24.1. The Bertz CT molecular complexity index is 576. The number of quaternary nitrogens is 1. The predicted molar refractivity (Wildman–Crippen MR) is 105 cm³/mol. The Kier molecular flexibility index (Phi) is 9.46. The topological polar surface area (TPSA) is 46.5 Å². The highest BCUT2D eigenvalue weighted by Gasteiger charge is 2.48. The maximum Gasteiger partial charge on any atom is 0.316 e. The van der Waals surface area contributed by atoms with Gasteiger partial charge in [-0.05, 0) is 38.2 Å². The molecule has 1 N–H and O–H groups in total. The summed E-state index contributed by atoms with van der Waals surface area (Å²) in [7, 11) is 2.18. The van der Waals surface area contributed by atoms with Crippen LogP contribution in [0.25, 0.3) is 0 Å². The molecule has 154 valence electrons. The summed E-state index contributed by atoms with van der Waals surface area (Å²) in [5.74, 6) is -0.812. The smallest absolute Gasteiger partial charge is 0.316 e. The maximum absolute atomic E-state index is 13.1. The summed E-state index contributed by atoms with van der Waals surface area (Å²) in [6, 6.07) is 9.65. The van der Waals surface area contributed by atoms with Gasteiger partial charge < -0.3 is 31.3 Å². The molecule has 0 spiro atoms. The second-order valence-electron chi connectivity index (χ2n) is 8.12. The van der Waals surface area contributed by atoms with Gasteiger partial charge in [-0.3, -0.25) is 4.79 Å². The van der Waals surface area contributed by atoms with Gasteiger partial charge in [0.2, 0.25) is 0 Å². The molecule has 27 heavy (non-hydrogen) atoms. The zero-order chi connectivity index (χ0) is 19.2. The lowest BCUT2D eigenvalue weighted by Gasteiger charge is -2.43. The minimum atomic E-state index is -1.02. The van der Waals surface area contributed by atoms with E-state index in [-0.39, 0.29) is 28.9 Å². The van der Waals surface area contributed by atoms with Gasteiger partial charge in [0, 0.05) is 0 Å². The van der Waals surface area contributed by atoms with Crippen molar-refractivity contribution in [3.05, 3.63) is 35.9 Å². The van der Waals surface area contributed by atoms with Crippen LogP contribution in [0, 0.1) is 5.92 Å². The Morgan fingerprint density at radius 3 is 2.44 bits per heavy atom. The second-order valence-corrected chi connectivity index (χ2v) is 8.12. The van der Waals surface area contributed by atoms with Crippen molar-refractivity contribution >= 4 is 5.97 Å². The van der Waals surface area contributed by atoms with Gasteiger partial charge in [-0.1, -0.05) is 50.1 Å². The number of benzene rings is 1. The van der Waals surface area contributed by atoms with E-state index in [0.29, 0.717) is 13.0 Å². The van der Waals surface area contributed by atoms with Gasteiger partial charge in [0.1, 0.15) is 19.1 Å². The Morgan fingerprint density at radius 2 is 1.89 bits per heavy atom. The number of carbonyl (C=O) groups excluding carboxylic acids is 1. The molecule has 2 rings (SSSR count). The number of halogens is 1. The van der Waals surface area contributed by atoms with Gasteiger partial charge in [0.05, 0.1) is 25.7 Å². The number of nitrogens with zero attached hydrogens (tertiary/aromatic N) is 1. The number of ether oxygens (including phenoxy) is 1. The number of likely N-dealkylation sites (N-methyl/N-ethyl adjacent to an activating group) is 1. The monoisotopic (exact) mass is 441 g/mol. The lowest BCUT2D eigenvalue weighted by atomic mass is 9.67. The molecule has 0 aliphatic heterocycles. The number of hydrogen-bond donors (Lipinski definition) is 1. The zero-order valence-corrected chi connectivity index (χ0v) is 18.9. The van der Waals surface area contributed by atoms with Gasteiger partial charge in [0.25, 0.3) is 0 Å². The quantitative estimate of drug-likeness (QED) is 0.478. The number of aliphatic hydroxyl groups is 1. The predicted octanol–water partition coefficient (Wildman–Crippen LogP) is 0.745. The molecular formula is C22H36BrNO3. The summed E-state index contributed by atoms with van der Waals surface area (Å²) in [6.07, 6.45) is 3.68. The van der Waals surface area contributed by atoms with Crippen molar-refractivity contribution in [3.63, 3.8) is 0 Å². The first-order chi connectivity index (χ1) is 12.4. The average Bonchev–Trinajstić information content (AvgIpc) is 2.65. The van der Waals surface area contributed by atoms with E-state index in [9.17, 15) is 9.90 Å². The van der Waals surface area contributed by atoms with Gasteiger partial charge in [-0.2, -0.15) is 0 Å². The Hall–Kier alpha value is -0.910. The lowest BCUT2D eigenvalue weighted by molar-refractivity contribution is -0.906. The Morgan fingerprint density at radius 1 is 1.26 bits per heavy atom. The standard InChI is InChI=1S/C22H36NO3.BrH/c1-5-23(4,6-2)16-17-26-21(24)20(19-13-8-7-9-14-19)22(25)15-11-10-12-18(22)3;/h7-9,13-14,18,20,25H,5-6,10-12,15-17H2,1-4H3;1H/q+1;/p-1. The molecule has 1 aromatic rings. The van der Waals surface area contributed by atoms with E-state index in [1.165, 1.54) is 0 Å². The molecular weight excluding hydrogens is 406 g/mol. The highest BCUT2D eigenvalue weighted by atomic mass is 79.9. The van der Waals surface area contributed by atoms with Crippen LogP contribution >= 0.6 is 0 Å². The minimum Gasteiger partial charge on any atom is -1.00 e. The molecule has 1 fully saturated rings. The Labute approximate surface area is 175 Å². The first-order valence-corrected chi connectivity index (χ1v) is 10.1. The van der Waals surface area contributed by atoms with E-state index in [0.717, 1.165) is 48.9 Å². The second kappa shape index (κ2) is 10.6. The Balaban J connectivity index is 0.00000364. The largest absolute Gasteiger partial charge is 1.00 e. The summed E-state index contributed by atoms with van der Waals surface area (Å²) < 4.78 is 6.59. The number of carbonyl (C=O) groups is 1. The fraction of sp³-hybridized carbons (Fsp3) is 0.682. The molecule has 0 amide bonds. The van der Waals surface area contributed by atoms with E-state index in [1.807, 2.05) is 30.3 Å². The SMILES string of the molecule is CC[N+](C)(CC)CCOC(=O)C(c1ccccc1)C1(O)CCCCC1C.[Br-]. The summed E-state index contributed by atoms with van der Waals surface area (Å²) in [4.78, 5) is 13.1. The van der Waals surface area contributed by atoms with Crippen molar-refractivity contribution in [2.45, 2.75) is 58.0 Å². The van der Waals surface area contributed by atoms with E-state index >= 15 is 0 Å². The van der Waals surface area contributed by atoms with E-state index in [2.05, 4.69) is 27.8 Å². The molecule has 0 saturated heterocycles. The van der Waals surface area contributed by atoms with Crippen LogP contribution in [0.4, 0.5) is 0 Å². The molecule has 0 bridgehead atoms. The molecule has 0 heterocycles. The van der Waals surface area contributed by atoms with Crippen molar-refractivity contribution in [2.75, 3.05) is 33.3 Å². The van der Waals surface area contributed by atoms with Crippen molar-refractivity contribution in [1.82, 2.24) is 0 Å². The summed E-state index contributed by atoms with van der Waals surface area (Å²) >= 11 is 0. The van der Waals surface area contributed by atoms with E-state index in [4.69, 9.17) is 4.74 Å². The van der Waals surface area contributed by atoms with Crippen molar-refractivity contribution in [1.29, 1.82) is 0 Å². The van der Waals surface area contributed by atoms with Crippen LogP contribution in [0.2, 0.25) is 0 Å². The molecule has 4 nitrogen and oxygen atoms in total. The molecule has 1 saturated carbocycles. The van der Waals surface area contributed by atoms with Crippen molar-refractivity contribution in [3.8, 4) is 0 Å². The molecule has 3 atom stereocenters. The van der Waals surface area contributed by atoms with Crippen molar-refractivity contribution in [2.24, 2.45) is 5.92 Å². The first-order valence-electron chi connectivity index (χ1n) is 10.1. The van der Waals surface area contributed by atoms with Crippen LogP contribution in [-0.4, -0.2) is 54.4 Å². The third-order valence-corrected chi connectivity index (χ3v) is 6.59. The summed E-state index contributed by atoms with van der Waals surface area (Å²) in [5, 5.41) is 11.5. The van der Waals surface area contributed by atoms with Gasteiger partial charge >= 0.3 is 5.97 Å². The molecule has 0 aromatic heterocycles. The van der Waals surface area contributed by atoms with Crippen molar-refractivity contribution < 1.29 is 36.1 Å². The van der Waals surface area contributed by atoms with E-state index < -0.39 is 11.5 Å². The maximum atomic E-state index is 13.1. The van der Waals surface area contributed by atoms with Crippen LogP contribution in [0.15, 0.2) is 30.3 Å². The molecule has 1 aromatic carbocycles. The third-order valence-electron chi connectivity index (χ3n) is 6.59. The minimum absolute atomic E-state index is 0. The highest BCUT2D eigenvalue weighted by molar-refractivity contribution is 5.80. The average molecular weight is 442 g/mol. The molecule has 0 radical (unpaired) electrons. The summed E-state index contributed by atoms with van der Waals surface area (Å²) in [6.45, 7) is 9.59. The fourth-order valence-corrected chi connectivity index (χ4v) is 4.05. The van der Waals surface area contributed by atoms with Gasteiger partial charge in [-0.15, -0.1) is 0 Å². The van der Waals surface area contributed by atoms with Gasteiger partial charge in [-0.25, -0.2) is 0 Å². The fourth-order valence-electron chi connectivity index (χ4n) is 4.05. The van der Waals surface area contributed by atoms with Crippen LogP contribution in [0.5, 0.6) is 0 Å². The van der Waals surface area contributed by atoms with Crippen LogP contribution in [0.1, 0.15) is 57.9 Å². The number of esters is 1. The summed E-state index contributed by atoms with van der Waals surface area (Å²) in [5.41, 5.74) is -0.165.